The van der Waals surface area contributed by atoms with Gasteiger partial charge in [-0.1, -0.05) is 0 Å². The fraction of sp³-hybridized carbons (Fsp3) is 0.476. The summed E-state index contributed by atoms with van der Waals surface area (Å²) in [4.78, 5) is 17.6. The van der Waals surface area contributed by atoms with Gasteiger partial charge in [-0.05, 0) is 25.1 Å². The Morgan fingerprint density at radius 3 is 2.52 bits per heavy atom. The smallest absolute Gasteiger partial charge is 0.225 e. The zero-order valence-electron chi connectivity index (χ0n) is 18.4. The van der Waals surface area contributed by atoms with Gasteiger partial charge < -0.3 is 25.0 Å². The number of aromatic nitrogens is 2. The van der Waals surface area contributed by atoms with Crippen molar-refractivity contribution in [2.75, 3.05) is 70.2 Å². The fourth-order valence-electron chi connectivity index (χ4n) is 3.29. The van der Waals surface area contributed by atoms with Crippen molar-refractivity contribution in [1.29, 1.82) is 0 Å². The number of hydrogen-bond donors (Lipinski definition) is 2. The maximum Gasteiger partial charge on any atom is 0.225 e. The summed E-state index contributed by atoms with van der Waals surface area (Å²) in [6.45, 7) is 8.13. The molecule has 1 aromatic carbocycles. The number of benzene rings is 1. The van der Waals surface area contributed by atoms with Crippen LogP contribution in [0.2, 0.25) is 0 Å². The summed E-state index contributed by atoms with van der Waals surface area (Å²) >= 11 is 0. The Kier molecular flexibility index (Phi) is 10.6. The highest BCUT2D eigenvalue weighted by Crippen LogP contribution is 2.30. The zero-order chi connectivity index (χ0) is 21.2. The summed E-state index contributed by atoms with van der Waals surface area (Å²) in [5, 5.41) is 6.67. The number of piperazine rings is 1. The predicted octanol–water partition coefficient (Wildman–Crippen LogP) is 2.31. The van der Waals surface area contributed by atoms with E-state index in [1.807, 2.05) is 31.2 Å². The van der Waals surface area contributed by atoms with Crippen molar-refractivity contribution in [2.24, 2.45) is 4.99 Å². The third kappa shape index (κ3) is 7.39. The van der Waals surface area contributed by atoms with Gasteiger partial charge in [0.25, 0.3) is 0 Å². The maximum absolute atomic E-state index is 5.57. The molecule has 170 valence electrons. The van der Waals surface area contributed by atoms with Crippen LogP contribution >= 0.6 is 24.0 Å². The molecule has 2 N–H and O–H groups in total. The monoisotopic (exact) mass is 541 g/mol. The number of nitrogens with zero attached hydrogens (tertiary/aromatic N) is 5. The molecular weight excluding hydrogens is 509 g/mol. The fourth-order valence-corrected chi connectivity index (χ4v) is 3.29. The number of anilines is 2. The van der Waals surface area contributed by atoms with Gasteiger partial charge in [-0.15, -0.1) is 24.0 Å². The average molecular weight is 541 g/mol. The Bertz CT molecular complexity index is 815. The summed E-state index contributed by atoms with van der Waals surface area (Å²) in [5.41, 5.74) is 0.889. The molecule has 0 amide bonds. The lowest BCUT2D eigenvalue weighted by Gasteiger charge is -2.34. The van der Waals surface area contributed by atoms with Crippen molar-refractivity contribution in [1.82, 2.24) is 20.2 Å². The van der Waals surface area contributed by atoms with Crippen LogP contribution in [0.25, 0.3) is 0 Å². The number of guanidine groups is 1. The topological polar surface area (TPSA) is 87.1 Å². The van der Waals surface area contributed by atoms with Crippen molar-refractivity contribution in [3.05, 3.63) is 36.7 Å². The average Bonchev–Trinajstić information content (AvgIpc) is 2.80. The maximum atomic E-state index is 5.57. The van der Waals surface area contributed by atoms with Crippen molar-refractivity contribution in [3.63, 3.8) is 0 Å². The molecule has 3 rings (SSSR count). The van der Waals surface area contributed by atoms with Crippen LogP contribution in [-0.2, 0) is 0 Å². The second kappa shape index (κ2) is 13.2. The Hall–Kier alpha value is -2.34. The van der Waals surface area contributed by atoms with Crippen LogP contribution in [-0.4, -0.2) is 80.9 Å². The van der Waals surface area contributed by atoms with Gasteiger partial charge in [0, 0.05) is 70.5 Å². The molecule has 0 saturated carbocycles. The van der Waals surface area contributed by atoms with E-state index in [2.05, 4.69) is 35.4 Å². The second-order valence-electron chi connectivity index (χ2n) is 6.80. The minimum Gasteiger partial charge on any atom is -0.493 e. The number of hydrogen-bond acceptors (Lipinski definition) is 7. The van der Waals surface area contributed by atoms with Crippen LogP contribution in [0.4, 0.5) is 11.6 Å². The van der Waals surface area contributed by atoms with Gasteiger partial charge in [-0.2, -0.15) is 0 Å². The number of ether oxygens (including phenoxy) is 2. The Morgan fingerprint density at radius 1 is 1.13 bits per heavy atom. The Labute approximate surface area is 201 Å². The van der Waals surface area contributed by atoms with Crippen LogP contribution in [0.3, 0.4) is 0 Å². The summed E-state index contributed by atoms with van der Waals surface area (Å²) in [5.74, 6) is 2.95. The van der Waals surface area contributed by atoms with Crippen LogP contribution < -0.4 is 25.0 Å². The van der Waals surface area contributed by atoms with Gasteiger partial charge in [-0.3, -0.25) is 9.89 Å². The lowest BCUT2D eigenvalue weighted by molar-refractivity contribution is 0.260. The molecule has 1 aromatic heterocycles. The molecule has 0 unspecified atom stereocenters. The summed E-state index contributed by atoms with van der Waals surface area (Å²) < 4.78 is 11.0. The lowest BCUT2D eigenvalue weighted by atomic mass is 10.2. The zero-order valence-corrected chi connectivity index (χ0v) is 20.7. The van der Waals surface area contributed by atoms with Crippen molar-refractivity contribution < 1.29 is 9.47 Å². The second-order valence-corrected chi connectivity index (χ2v) is 6.80. The number of nitrogens with one attached hydrogen (secondary N) is 2. The molecule has 9 nitrogen and oxygen atoms in total. The van der Waals surface area contributed by atoms with Crippen LogP contribution in [0.15, 0.2) is 41.7 Å². The van der Waals surface area contributed by atoms with Gasteiger partial charge in [0.1, 0.15) is 0 Å². The summed E-state index contributed by atoms with van der Waals surface area (Å²) in [6, 6.07) is 7.59. The molecule has 0 radical (unpaired) electrons. The van der Waals surface area contributed by atoms with E-state index >= 15 is 0 Å². The Morgan fingerprint density at radius 2 is 1.87 bits per heavy atom. The minimum absolute atomic E-state index is 0. The van der Waals surface area contributed by atoms with E-state index in [0.717, 1.165) is 62.6 Å². The van der Waals surface area contributed by atoms with E-state index in [0.29, 0.717) is 12.4 Å². The molecule has 2 heterocycles. The van der Waals surface area contributed by atoms with Crippen molar-refractivity contribution in [2.45, 2.75) is 6.92 Å². The Balaban J connectivity index is 0.00000341. The molecule has 31 heavy (non-hydrogen) atoms. The summed E-state index contributed by atoms with van der Waals surface area (Å²) in [6.07, 6.45) is 3.58. The van der Waals surface area contributed by atoms with Gasteiger partial charge in [0.05, 0.1) is 13.7 Å². The van der Waals surface area contributed by atoms with E-state index < -0.39 is 0 Å². The molecule has 1 aliphatic rings. The molecule has 1 fully saturated rings. The first kappa shape index (κ1) is 24.9. The van der Waals surface area contributed by atoms with E-state index in [1.54, 1.807) is 26.6 Å². The quantitative estimate of drug-likeness (QED) is 0.299. The molecule has 1 saturated heterocycles. The minimum atomic E-state index is 0. The molecule has 2 aromatic rings. The molecular formula is C21H32IN7O2. The van der Waals surface area contributed by atoms with E-state index in [-0.39, 0.29) is 24.0 Å². The van der Waals surface area contributed by atoms with Crippen molar-refractivity contribution >= 4 is 41.6 Å². The number of methoxy groups -OCH3 is 1. The largest absolute Gasteiger partial charge is 0.493 e. The normalized spacial score (nSPS) is 14.5. The predicted molar refractivity (Wildman–Crippen MR) is 135 cm³/mol. The lowest BCUT2D eigenvalue weighted by Crippen LogP contribution is -2.49. The molecule has 10 heteroatoms. The standard InChI is InChI=1S/C21H31N7O2.HI/c1-4-30-18-7-6-17(16-19(18)29-3)26-20(22-2)23-10-11-27-12-14-28(15-13-27)21-24-8-5-9-25-21;/h5-9,16H,4,10-15H2,1-3H3,(H2,22,23,26);1H. The van der Waals surface area contributed by atoms with E-state index in [4.69, 9.17) is 9.47 Å². The third-order valence-electron chi connectivity index (χ3n) is 4.88. The number of rotatable bonds is 8. The number of halogens is 1. The van der Waals surface area contributed by atoms with Gasteiger partial charge >= 0.3 is 0 Å². The first-order valence-corrected chi connectivity index (χ1v) is 10.3. The van der Waals surface area contributed by atoms with Gasteiger partial charge in [0.2, 0.25) is 5.95 Å². The van der Waals surface area contributed by atoms with Crippen LogP contribution in [0.5, 0.6) is 11.5 Å². The molecule has 0 bridgehead atoms. The highest BCUT2D eigenvalue weighted by atomic mass is 127. The first-order chi connectivity index (χ1) is 14.7. The molecule has 0 aliphatic carbocycles. The van der Waals surface area contributed by atoms with Crippen molar-refractivity contribution in [3.8, 4) is 11.5 Å². The van der Waals surface area contributed by atoms with Gasteiger partial charge in [-0.25, -0.2) is 9.97 Å². The highest BCUT2D eigenvalue weighted by molar-refractivity contribution is 14.0. The molecule has 0 atom stereocenters. The summed E-state index contributed by atoms with van der Waals surface area (Å²) in [7, 11) is 3.40. The SMILES string of the molecule is CCOc1ccc(NC(=NC)NCCN2CCN(c3ncccn3)CC2)cc1OC.I. The van der Waals surface area contributed by atoms with Crippen LogP contribution in [0, 0.1) is 0 Å². The van der Waals surface area contributed by atoms with Gasteiger partial charge in [0.15, 0.2) is 17.5 Å². The van der Waals surface area contributed by atoms with Crippen LogP contribution in [0.1, 0.15) is 6.92 Å². The third-order valence-corrected chi connectivity index (χ3v) is 4.88. The number of aliphatic imine (C=N–C) groups is 1. The molecule has 0 spiro atoms. The highest BCUT2D eigenvalue weighted by Gasteiger charge is 2.18. The van der Waals surface area contributed by atoms with E-state index in [9.17, 15) is 0 Å². The van der Waals surface area contributed by atoms with E-state index in [1.165, 1.54) is 0 Å². The first-order valence-electron chi connectivity index (χ1n) is 10.3. The molecule has 1 aliphatic heterocycles.